The molecule has 3 nitrogen and oxygen atoms in total. The second-order valence-corrected chi connectivity index (χ2v) is 6.62. The van der Waals surface area contributed by atoms with E-state index in [0.29, 0.717) is 5.88 Å². The molecule has 0 spiro atoms. The van der Waals surface area contributed by atoms with Crippen LogP contribution in [-0.4, -0.2) is 14.8 Å². The highest BCUT2D eigenvalue weighted by Gasteiger charge is 2.25. The van der Waals surface area contributed by atoms with Crippen LogP contribution in [-0.2, 0) is 11.4 Å². The maximum atomic E-state index is 6.02. The number of alkyl halides is 1. The number of benzene rings is 1. The third-order valence-corrected chi connectivity index (χ3v) is 3.66. The quantitative estimate of drug-likeness (QED) is 0.770. The van der Waals surface area contributed by atoms with Crippen molar-refractivity contribution in [1.82, 2.24) is 14.8 Å². The number of aromatic nitrogens is 3. The van der Waals surface area contributed by atoms with Crippen molar-refractivity contribution in [3.63, 3.8) is 0 Å². The van der Waals surface area contributed by atoms with Gasteiger partial charge in [0.15, 0.2) is 5.82 Å². The Bertz CT molecular complexity index is 613. The molecular formula is C16H22ClN3. The zero-order valence-electron chi connectivity index (χ0n) is 13.1. The van der Waals surface area contributed by atoms with Crippen LogP contribution in [0.4, 0.5) is 0 Å². The van der Waals surface area contributed by atoms with E-state index in [9.17, 15) is 0 Å². The molecule has 0 saturated carbocycles. The maximum Gasteiger partial charge on any atom is 0.165 e. The highest BCUT2D eigenvalue weighted by atomic mass is 35.5. The predicted octanol–water partition coefficient (Wildman–Crippen LogP) is 4.36. The van der Waals surface area contributed by atoms with Crippen molar-refractivity contribution in [1.29, 1.82) is 0 Å². The Balaban J connectivity index is 2.75. The van der Waals surface area contributed by atoms with Crippen LogP contribution >= 0.6 is 11.6 Å². The summed E-state index contributed by atoms with van der Waals surface area (Å²) in [6, 6.07) is 4.37. The standard InChI is InChI=1S/C16H22ClN3/c1-10-7-11(2)14(12(3)8-10)15-19-18-13(9-17)20(15)16(4,5)6/h7-8H,9H2,1-6H3. The summed E-state index contributed by atoms with van der Waals surface area (Å²) in [5.74, 6) is 2.09. The molecule has 4 heteroatoms. The Labute approximate surface area is 126 Å². The van der Waals surface area contributed by atoms with Crippen molar-refractivity contribution in [2.24, 2.45) is 0 Å². The lowest BCUT2D eigenvalue weighted by Crippen LogP contribution is -2.25. The summed E-state index contributed by atoms with van der Waals surface area (Å²) in [7, 11) is 0. The molecule has 2 aromatic rings. The summed E-state index contributed by atoms with van der Waals surface area (Å²) in [6.07, 6.45) is 0. The third kappa shape index (κ3) is 2.59. The molecular weight excluding hydrogens is 270 g/mol. The Hall–Kier alpha value is -1.35. The average Bonchev–Trinajstić information content (AvgIpc) is 2.70. The van der Waals surface area contributed by atoms with Gasteiger partial charge in [0.2, 0.25) is 0 Å². The molecule has 0 aliphatic carbocycles. The van der Waals surface area contributed by atoms with E-state index in [2.05, 4.69) is 68.4 Å². The SMILES string of the molecule is Cc1cc(C)c(-c2nnc(CCl)n2C(C)(C)C)c(C)c1. The van der Waals surface area contributed by atoms with Crippen LogP contribution in [0.25, 0.3) is 11.4 Å². The largest absolute Gasteiger partial charge is 0.305 e. The molecule has 0 radical (unpaired) electrons. The molecule has 0 aliphatic heterocycles. The van der Waals surface area contributed by atoms with Crippen LogP contribution in [0.3, 0.4) is 0 Å². The fourth-order valence-corrected chi connectivity index (χ4v) is 2.98. The highest BCUT2D eigenvalue weighted by Crippen LogP contribution is 2.31. The van der Waals surface area contributed by atoms with Crippen LogP contribution in [0, 0.1) is 20.8 Å². The van der Waals surface area contributed by atoms with E-state index >= 15 is 0 Å². The van der Waals surface area contributed by atoms with Gasteiger partial charge in [-0.25, -0.2) is 0 Å². The molecule has 108 valence electrons. The number of nitrogens with zero attached hydrogens (tertiary/aromatic N) is 3. The molecule has 20 heavy (non-hydrogen) atoms. The molecule has 1 aromatic heterocycles. The van der Waals surface area contributed by atoms with Crippen molar-refractivity contribution in [2.75, 3.05) is 0 Å². The highest BCUT2D eigenvalue weighted by molar-refractivity contribution is 6.16. The van der Waals surface area contributed by atoms with E-state index in [-0.39, 0.29) is 5.54 Å². The zero-order chi connectivity index (χ0) is 15.1. The molecule has 0 bridgehead atoms. The maximum absolute atomic E-state index is 6.02. The Morgan fingerprint density at radius 3 is 2.05 bits per heavy atom. The molecule has 0 amide bonds. The van der Waals surface area contributed by atoms with Gasteiger partial charge in [-0.15, -0.1) is 21.8 Å². The van der Waals surface area contributed by atoms with Crippen LogP contribution in [0.1, 0.15) is 43.3 Å². The van der Waals surface area contributed by atoms with Gasteiger partial charge in [0.05, 0.1) is 5.88 Å². The monoisotopic (exact) mass is 291 g/mol. The lowest BCUT2D eigenvalue weighted by molar-refractivity contribution is 0.390. The van der Waals surface area contributed by atoms with E-state index < -0.39 is 0 Å². The molecule has 2 rings (SSSR count). The molecule has 0 aliphatic rings. The third-order valence-electron chi connectivity index (χ3n) is 3.42. The second-order valence-electron chi connectivity index (χ2n) is 6.35. The zero-order valence-corrected chi connectivity index (χ0v) is 13.8. The van der Waals surface area contributed by atoms with Crippen LogP contribution in [0.15, 0.2) is 12.1 Å². The minimum atomic E-state index is -0.104. The first-order chi connectivity index (χ1) is 9.25. The number of aryl methyl sites for hydroxylation is 3. The van der Waals surface area contributed by atoms with Crippen LogP contribution in [0.2, 0.25) is 0 Å². The van der Waals surface area contributed by atoms with Crippen molar-refractivity contribution >= 4 is 11.6 Å². The molecule has 1 aromatic carbocycles. The average molecular weight is 292 g/mol. The summed E-state index contributed by atoms with van der Waals surface area (Å²) in [5, 5.41) is 8.67. The van der Waals surface area contributed by atoms with Gasteiger partial charge in [0.25, 0.3) is 0 Å². The minimum Gasteiger partial charge on any atom is -0.305 e. The molecule has 0 atom stereocenters. The molecule has 0 unspecified atom stereocenters. The van der Waals surface area contributed by atoms with Gasteiger partial charge in [0, 0.05) is 11.1 Å². The van der Waals surface area contributed by atoms with E-state index in [4.69, 9.17) is 11.6 Å². The van der Waals surface area contributed by atoms with Crippen molar-refractivity contribution in [2.45, 2.75) is 53.0 Å². The van der Waals surface area contributed by atoms with Crippen molar-refractivity contribution in [3.8, 4) is 11.4 Å². The number of rotatable bonds is 2. The molecule has 1 heterocycles. The number of halogens is 1. The lowest BCUT2D eigenvalue weighted by Gasteiger charge is -2.25. The Morgan fingerprint density at radius 1 is 1.05 bits per heavy atom. The Morgan fingerprint density at radius 2 is 1.60 bits per heavy atom. The van der Waals surface area contributed by atoms with E-state index in [1.165, 1.54) is 16.7 Å². The van der Waals surface area contributed by atoms with Crippen LogP contribution < -0.4 is 0 Å². The summed E-state index contributed by atoms with van der Waals surface area (Å²) >= 11 is 6.02. The smallest absolute Gasteiger partial charge is 0.165 e. The first-order valence-corrected chi connectivity index (χ1v) is 7.38. The molecule has 0 N–H and O–H groups in total. The lowest BCUT2D eigenvalue weighted by atomic mass is 9.98. The fraction of sp³-hybridized carbons (Fsp3) is 0.500. The number of hydrogen-bond donors (Lipinski definition) is 0. The van der Waals surface area contributed by atoms with Crippen LogP contribution in [0.5, 0.6) is 0 Å². The fourth-order valence-electron chi connectivity index (χ4n) is 2.80. The summed E-state index contributed by atoms with van der Waals surface area (Å²) < 4.78 is 2.14. The van der Waals surface area contributed by atoms with Gasteiger partial charge in [0.1, 0.15) is 5.82 Å². The normalized spacial score (nSPS) is 11.9. The first-order valence-electron chi connectivity index (χ1n) is 6.84. The van der Waals surface area contributed by atoms with Gasteiger partial charge >= 0.3 is 0 Å². The first kappa shape index (κ1) is 15.0. The van der Waals surface area contributed by atoms with Crippen molar-refractivity contribution in [3.05, 3.63) is 34.6 Å². The number of hydrogen-bond acceptors (Lipinski definition) is 2. The molecule has 0 fully saturated rings. The summed E-state index contributed by atoms with van der Waals surface area (Å²) in [4.78, 5) is 0. The Kier molecular flexibility index (Phi) is 3.92. The predicted molar refractivity (Wildman–Crippen MR) is 84.2 cm³/mol. The van der Waals surface area contributed by atoms with Gasteiger partial charge in [-0.3, -0.25) is 0 Å². The van der Waals surface area contributed by atoms with E-state index in [1.807, 2.05) is 0 Å². The van der Waals surface area contributed by atoms with E-state index in [1.54, 1.807) is 0 Å². The van der Waals surface area contributed by atoms with Gasteiger partial charge < -0.3 is 4.57 Å². The summed E-state index contributed by atoms with van der Waals surface area (Å²) in [5.41, 5.74) is 4.77. The molecule has 0 saturated heterocycles. The van der Waals surface area contributed by atoms with Gasteiger partial charge in [-0.1, -0.05) is 17.7 Å². The summed E-state index contributed by atoms with van der Waals surface area (Å²) in [6.45, 7) is 12.8. The minimum absolute atomic E-state index is 0.104. The topological polar surface area (TPSA) is 30.7 Å². The van der Waals surface area contributed by atoms with E-state index in [0.717, 1.165) is 17.2 Å². The van der Waals surface area contributed by atoms with Gasteiger partial charge in [-0.2, -0.15) is 0 Å². The van der Waals surface area contributed by atoms with Crippen molar-refractivity contribution < 1.29 is 0 Å². The van der Waals surface area contributed by atoms with Gasteiger partial charge in [-0.05, 0) is 52.7 Å². The second kappa shape index (κ2) is 5.21.